The number of hydrogen-bond acceptors (Lipinski definition) is 9. The summed E-state index contributed by atoms with van der Waals surface area (Å²) in [6.07, 6.45) is 0. The third-order valence-corrected chi connectivity index (χ3v) is 6.49. The average molecular weight is 402 g/mol. The summed E-state index contributed by atoms with van der Waals surface area (Å²) in [7, 11) is 0. The van der Waals surface area contributed by atoms with Crippen LogP contribution in [0.1, 0.15) is 22.2 Å². The van der Waals surface area contributed by atoms with Gasteiger partial charge in [0.25, 0.3) is 0 Å². The number of Topliss-reactive ketones (excluding diaryl/α,β-unsaturated/α-hetero) is 1. The van der Waals surface area contributed by atoms with Crippen molar-refractivity contribution in [3.63, 3.8) is 0 Å². The molecule has 1 aromatic carbocycles. The van der Waals surface area contributed by atoms with Crippen molar-refractivity contribution < 1.29 is 4.79 Å². The molecule has 1 N–H and O–H groups in total. The molecule has 0 radical (unpaired) electrons. The van der Waals surface area contributed by atoms with Gasteiger partial charge in [0.05, 0.1) is 11.8 Å². The minimum Gasteiger partial charge on any atom is -0.330 e. The molecule has 2 aromatic heterocycles. The van der Waals surface area contributed by atoms with Gasteiger partial charge in [-0.25, -0.2) is 4.98 Å². The van der Waals surface area contributed by atoms with Crippen LogP contribution in [0.3, 0.4) is 0 Å². The standard InChI is InChI=1S/C17H15N5OS3/c1-10-5-3-4-6-13(10)20-16-21-22-17(26-16)25-9-14(23)12(7-18)15-19-11(2)8-24-15/h3-6,8,12H,9H2,1-2H3,(H,20,21). The zero-order valence-electron chi connectivity index (χ0n) is 14.1. The zero-order valence-corrected chi connectivity index (χ0v) is 16.5. The number of thiazole rings is 1. The van der Waals surface area contributed by atoms with E-state index in [1.165, 1.54) is 34.4 Å². The Kier molecular flexibility index (Phi) is 5.98. The Morgan fingerprint density at radius 2 is 2.15 bits per heavy atom. The first-order valence-corrected chi connectivity index (χ1v) is 10.4. The Balaban J connectivity index is 1.60. The van der Waals surface area contributed by atoms with Crippen molar-refractivity contribution in [2.45, 2.75) is 24.1 Å². The van der Waals surface area contributed by atoms with Gasteiger partial charge in [0.2, 0.25) is 5.13 Å². The smallest absolute Gasteiger partial charge is 0.210 e. The molecular formula is C17H15N5OS3. The van der Waals surface area contributed by atoms with Crippen molar-refractivity contribution in [3.8, 4) is 6.07 Å². The van der Waals surface area contributed by atoms with Gasteiger partial charge in [0.1, 0.15) is 5.01 Å². The fourth-order valence-electron chi connectivity index (χ4n) is 2.13. The fourth-order valence-corrected chi connectivity index (χ4v) is 4.66. The summed E-state index contributed by atoms with van der Waals surface area (Å²) in [4.78, 5) is 16.6. The summed E-state index contributed by atoms with van der Waals surface area (Å²) in [6, 6.07) is 9.97. The normalized spacial score (nSPS) is 11.7. The Hall–Kier alpha value is -2.28. The molecular weight excluding hydrogens is 386 g/mol. The molecule has 1 unspecified atom stereocenters. The number of nitriles is 1. The van der Waals surface area contributed by atoms with Crippen LogP contribution in [0.2, 0.25) is 0 Å². The van der Waals surface area contributed by atoms with Crippen molar-refractivity contribution in [3.05, 3.63) is 45.9 Å². The van der Waals surface area contributed by atoms with Crippen LogP contribution in [0.15, 0.2) is 34.0 Å². The molecule has 0 fully saturated rings. The van der Waals surface area contributed by atoms with E-state index in [4.69, 9.17) is 0 Å². The summed E-state index contributed by atoms with van der Waals surface area (Å²) in [5, 5.41) is 23.8. The van der Waals surface area contributed by atoms with Crippen LogP contribution >= 0.6 is 34.4 Å². The quantitative estimate of drug-likeness (QED) is 0.589. The number of carbonyl (C=O) groups excluding carboxylic acids is 1. The van der Waals surface area contributed by atoms with Crippen LogP contribution in [0, 0.1) is 25.2 Å². The van der Waals surface area contributed by atoms with E-state index < -0.39 is 5.92 Å². The molecule has 0 spiro atoms. The van der Waals surface area contributed by atoms with Crippen LogP contribution < -0.4 is 5.32 Å². The maximum atomic E-state index is 12.4. The number of nitrogens with one attached hydrogen (secondary N) is 1. The van der Waals surface area contributed by atoms with E-state index in [0.717, 1.165) is 16.9 Å². The van der Waals surface area contributed by atoms with Crippen LogP contribution in [0.25, 0.3) is 0 Å². The van der Waals surface area contributed by atoms with Gasteiger partial charge in [-0.1, -0.05) is 41.3 Å². The van der Waals surface area contributed by atoms with Crippen LogP contribution in [-0.2, 0) is 4.79 Å². The van der Waals surface area contributed by atoms with Crippen molar-refractivity contribution in [2.75, 3.05) is 11.1 Å². The lowest BCUT2D eigenvalue weighted by molar-refractivity contribution is -0.116. The summed E-state index contributed by atoms with van der Waals surface area (Å²) in [5.41, 5.74) is 2.91. The number of para-hydroxylation sites is 1. The number of thioether (sulfide) groups is 1. The number of carbonyl (C=O) groups is 1. The molecule has 132 valence electrons. The van der Waals surface area contributed by atoms with Gasteiger partial charge in [-0.05, 0) is 25.5 Å². The number of anilines is 2. The van der Waals surface area contributed by atoms with Gasteiger partial charge in [-0.2, -0.15) is 5.26 Å². The minimum atomic E-state index is -0.821. The van der Waals surface area contributed by atoms with E-state index in [1.807, 2.05) is 43.5 Å². The highest BCUT2D eigenvalue weighted by molar-refractivity contribution is 8.01. The Bertz CT molecular complexity index is 959. The highest BCUT2D eigenvalue weighted by atomic mass is 32.2. The van der Waals surface area contributed by atoms with Gasteiger partial charge in [-0.3, -0.25) is 4.79 Å². The van der Waals surface area contributed by atoms with E-state index >= 15 is 0 Å². The molecule has 0 aliphatic heterocycles. The monoisotopic (exact) mass is 401 g/mol. The average Bonchev–Trinajstić information content (AvgIpc) is 3.25. The molecule has 0 amide bonds. The summed E-state index contributed by atoms with van der Waals surface area (Å²) in [5.74, 6) is -0.829. The molecule has 0 aliphatic rings. The first-order chi connectivity index (χ1) is 12.6. The topological polar surface area (TPSA) is 91.6 Å². The van der Waals surface area contributed by atoms with Crippen molar-refractivity contribution in [1.29, 1.82) is 5.26 Å². The Labute approximate surface area is 163 Å². The predicted molar refractivity (Wildman–Crippen MR) is 105 cm³/mol. The molecule has 9 heteroatoms. The van der Waals surface area contributed by atoms with E-state index in [9.17, 15) is 10.1 Å². The van der Waals surface area contributed by atoms with Gasteiger partial charge < -0.3 is 5.32 Å². The van der Waals surface area contributed by atoms with E-state index in [-0.39, 0.29) is 11.5 Å². The van der Waals surface area contributed by atoms with Crippen LogP contribution in [0.5, 0.6) is 0 Å². The second-order valence-electron chi connectivity index (χ2n) is 5.46. The van der Waals surface area contributed by atoms with Crippen molar-refractivity contribution in [2.24, 2.45) is 0 Å². The first-order valence-electron chi connectivity index (χ1n) is 7.70. The Morgan fingerprint density at radius 3 is 2.85 bits per heavy atom. The molecule has 3 rings (SSSR count). The molecule has 3 aromatic rings. The number of nitrogens with zero attached hydrogens (tertiary/aromatic N) is 4. The number of aromatic nitrogens is 3. The molecule has 0 saturated carbocycles. The third-order valence-electron chi connectivity index (χ3n) is 3.47. The largest absolute Gasteiger partial charge is 0.330 e. The van der Waals surface area contributed by atoms with Gasteiger partial charge in [-0.15, -0.1) is 21.5 Å². The maximum absolute atomic E-state index is 12.4. The van der Waals surface area contributed by atoms with Crippen molar-refractivity contribution in [1.82, 2.24) is 15.2 Å². The summed E-state index contributed by atoms with van der Waals surface area (Å²) in [6.45, 7) is 3.86. The molecule has 0 bridgehead atoms. The second kappa shape index (κ2) is 8.40. The summed E-state index contributed by atoms with van der Waals surface area (Å²) >= 11 is 4.01. The molecule has 2 heterocycles. The number of ketones is 1. The third kappa shape index (κ3) is 4.46. The Morgan fingerprint density at radius 1 is 1.35 bits per heavy atom. The molecule has 26 heavy (non-hydrogen) atoms. The number of hydrogen-bond donors (Lipinski definition) is 1. The predicted octanol–water partition coefficient (Wildman–Crippen LogP) is 4.32. The lowest BCUT2D eigenvalue weighted by atomic mass is 10.1. The minimum absolute atomic E-state index is 0.163. The zero-order chi connectivity index (χ0) is 18.5. The van der Waals surface area contributed by atoms with E-state index in [0.29, 0.717) is 14.5 Å². The molecule has 1 atom stereocenters. The number of benzene rings is 1. The van der Waals surface area contributed by atoms with E-state index in [1.54, 1.807) is 0 Å². The first kappa shape index (κ1) is 18.5. The van der Waals surface area contributed by atoms with E-state index in [2.05, 4.69) is 26.6 Å². The number of aryl methyl sites for hydroxylation is 2. The lowest BCUT2D eigenvalue weighted by Crippen LogP contribution is -2.13. The highest BCUT2D eigenvalue weighted by Crippen LogP contribution is 2.30. The van der Waals surface area contributed by atoms with Gasteiger partial charge >= 0.3 is 0 Å². The van der Waals surface area contributed by atoms with Crippen molar-refractivity contribution >= 4 is 51.0 Å². The van der Waals surface area contributed by atoms with Gasteiger partial charge in [0.15, 0.2) is 16.0 Å². The SMILES string of the molecule is Cc1csc(C(C#N)C(=O)CSc2nnc(Nc3ccccc3C)s2)n1. The fraction of sp³-hybridized carbons (Fsp3) is 0.235. The molecule has 6 nitrogen and oxygen atoms in total. The second-order valence-corrected chi connectivity index (χ2v) is 8.55. The van der Waals surface area contributed by atoms with Crippen LogP contribution in [-0.4, -0.2) is 26.7 Å². The number of rotatable bonds is 7. The maximum Gasteiger partial charge on any atom is 0.210 e. The molecule has 0 aliphatic carbocycles. The van der Waals surface area contributed by atoms with Gasteiger partial charge in [0, 0.05) is 16.8 Å². The molecule has 0 saturated heterocycles. The van der Waals surface area contributed by atoms with Crippen LogP contribution in [0.4, 0.5) is 10.8 Å². The highest BCUT2D eigenvalue weighted by Gasteiger charge is 2.23. The summed E-state index contributed by atoms with van der Waals surface area (Å²) < 4.78 is 0.682. The lowest BCUT2D eigenvalue weighted by Gasteiger charge is -2.04.